The zero-order chi connectivity index (χ0) is 17.1. The molecule has 0 saturated heterocycles. The second-order valence-corrected chi connectivity index (χ2v) is 6.55. The molecule has 8 heteroatoms. The summed E-state index contributed by atoms with van der Waals surface area (Å²) in [6, 6.07) is 5.31. The van der Waals surface area contributed by atoms with E-state index in [0.717, 1.165) is 5.82 Å². The molecule has 1 atom stereocenters. The number of thioether (sulfide) groups is 1. The van der Waals surface area contributed by atoms with Crippen molar-refractivity contribution in [2.45, 2.75) is 30.8 Å². The Morgan fingerprint density at radius 1 is 1.46 bits per heavy atom. The highest BCUT2D eigenvalue weighted by atomic mass is 32.2. The first kappa shape index (κ1) is 16.4. The summed E-state index contributed by atoms with van der Waals surface area (Å²) in [4.78, 5) is 12.4. The van der Waals surface area contributed by atoms with Crippen molar-refractivity contribution in [3.63, 3.8) is 0 Å². The molecule has 2 heterocycles. The van der Waals surface area contributed by atoms with E-state index in [1.165, 1.54) is 11.8 Å². The van der Waals surface area contributed by atoms with E-state index in [1.54, 1.807) is 24.3 Å². The van der Waals surface area contributed by atoms with Gasteiger partial charge < -0.3 is 19.4 Å². The number of hydrogen-bond donors (Lipinski definition) is 1. The number of amides is 1. The summed E-state index contributed by atoms with van der Waals surface area (Å²) in [7, 11) is 0. The number of carbonyl (C=O) groups excluding carboxylic acids is 1. The Balaban J connectivity index is 1.66. The Labute approximate surface area is 144 Å². The van der Waals surface area contributed by atoms with Crippen LogP contribution in [0.1, 0.15) is 12.7 Å². The van der Waals surface area contributed by atoms with Gasteiger partial charge in [0.25, 0.3) is 0 Å². The van der Waals surface area contributed by atoms with E-state index in [9.17, 15) is 4.79 Å². The summed E-state index contributed by atoms with van der Waals surface area (Å²) in [6.07, 6.45) is 1.78. The fraction of sp³-hybridized carbons (Fsp3) is 0.312. The summed E-state index contributed by atoms with van der Waals surface area (Å²) in [6.45, 7) is 8.25. The lowest BCUT2D eigenvalue weighted by Gasteiger charge is -2.12. The van der Waals surface area contributed by atoms with Gasteiger partial charge in [0.2, 0.25) is 12.7 Å². The van der Waals surface area contributed by atoms with E-state index in [2.05, 4.69) is 22.1 Å². The molecular weight excluding hydrogens is 328 g/mol. The topological polar surface area (TPSA) is 78.3 Å². The minimum Gasteiger partial charge on any atom is -0.454 e. The number of aromatic nitrogens is 3. The molecule has 24 heavy (non-hydrogen) atoms. The van der Waals surface area contributed by atoms with Crippen molar-refractivity contribution in [3.05, 3.63) is 36.7 Å². The van der Waals surface area contributed by atoms with Crippen LogP contribution in [0.15, 0.2) is 36.0 Å². The van der Waals surface area contributed by atoms with Crippen LogP contribution in [0.2, 0.25) is 0 Å². The molecule has 1 aliphatic heterocycles. The number of hydrogen-bond acceptors (Lipinski definition) is 6. The third-order valence-electron chi connectivity index (χ3n) is 3.50. The van der Waals surface area contributed by atoms with Gasteiger partial charge in [-0.1, -0.05) is 17.8 Å². The SMILES string of the molecule is C=CCn1c(C)nnc1SC(C)C(=O)Nc1ccc2c(c1)OCO2. The van der Waals surface area contributed by atoms with Crippen molar-refractivity contribution in [2.24, 2.45) is 0 Å². The van der Waals surface area contributed by atoms with Gasteiger partial charge in [0.1, 0.15) is 5.82 Å². The van der Waals surface area contributed by atoms with Crippen molar-refractivity contribution in [1.82, 2.24) is 14.8 Å². The molecule has 0 fully saturated rings. The molecule has 1 N–H and O–H groups in total. The minimum atomic E-state index is -0.331. The average Bonchev–Trinajstić information content (AvgIpc) is 3.16. The van der Waals surface area contributed by atoms with Gasteiger partial charge in [0, 0.05) is 18.3 Å². The van der Waals surface area contributed by atoms with E-state index >= 15 is 0 Å². The highest BCUT2D eigenvalue weighted by Crippen LogP contribution is 2.34. The third kappa shape index (κ3) is 3.38. The van der Waals surface area contributed by atoms with E-state index in [-0.39, 0.29) is 18.0 Å². The van der Waals surface area contributed by atoms with Gasteiger partial charge in [-0.15, -0.1) is 16.8 Å². The number of nitrogens with one attached hydrogen (secondary N) is 1. The van der Waals surface area contributed by atoms with Crippen LogP contribution in [-0.2, 0) is 11.3 Å². The predicted molar refractivity (Wildman–Crippen MR) is 91.5 cm³/mol. The highest BCUT2D eigenvalue weighted by Gasteiger charge is 2.20. The van der Waals surface area contributed by atoms with Crippen LogP contribution < -0.4 is 14.8 Å². The monoisotopic (exact) mass is 346 g/mol. The van der Waals surface area contributed by atoms with Gasteiger partial charge in [-0.2, -0.15) is 0 Å². The van der Waals surface area contributed by atoms with Crippen LogP contribution in [0, 0.1) is 6.92 Å². The number of benzene rings is 1. The summed E-state index contributed by atoms with van der Waals surface area (Å²) in [5.74, 6) is 1.99. The summed E-state index contributed by atoms with van der Waals surface area (Å²) >= 11 is 1.36. The zero-order valence-electron chi connectivity index (χ0n) is 13.5. The van der Waals surface area contributed by atoms with Crippen LogP contribution in [0.5, 0.6) is 11.5 Å². The molecule has 0 aliphatic carbocycles. The second-order valence-electron chi connectivity index (χ2n) is 5.25. The van der Waals surface area contributed by atoms with Crippen LogP contribution in [0.25, 0.3) is 0 Å². The molecule has 1 amide bonds. The Bertz CT molecular complexity index is 775. The molecule has 1 aromatic heterocycles. The molecule has 0 spiro atoms. The van der Waals surface area contributed by atoms with Crippen molar-refractivity contribution >= 4 is 23.4 Å². The van der Waals surface area contributed by atoms with Crippen molar-refractivity contribution in [1.29, 1.82) is 0 Å². The first-order valence-corrected chi connectivity index (χ1v) is 8.34. The van der Waals surface area contributed by atoms with Crippen molar-refractivity contribution < 1.29 is 14.3 Å². The fourth-order valence-corrected chi connectivity index (χ4v) is 3.12. The first-order chi connectivity index (χ1) is 11.6. The Hall–Kier alpha value is -2.48. The number of carbonyl (C=O) groups is 1. The highest BCUT2D eigenvalue weighted by molar-refractivity contribution is 8.00. The Kier molecular flexibility index (Phi) is 4.75. The first-order valence-electron chi connectivity index (χ1n) is 7.46. The average molecular weight is 346 g/mol. The summed E-state index contributed by atoms with van der Waals surface area (Å²) in [5.41, 5.74) is 0.667. The number of ether oxygens (including phenoxy) is 2. The van der Waals surface area contributed by atoms with Gasteiger partial charge in [-0.05, 0) is 26.0 Å². The Morgan fingerprint density at radius 3 is 3.04 bits per heavy atom. The molecule has 1 aromatic carbocycles. The Morgan fingerprint density at radius 2 is 2.25 bits per heavy atom. The van der Waals surface area contributed by atoms with E-state index < -0.39 is 0 Å². The number of rotatable bonds is 6. The third-order valence-corrected chi connectivity index (χ3v) is 4.59. The van der Waals surface area contributed by atoms with Crippen LogP contribution in [0.4, 0.5) is 5.69 Å². The molecule has 0 radical (unpaired) electrons. The minimum absolute atomic E-state index is 0.121. The molecular formula is C16H18N4O3S. The fourth-order valence-electron chi connectivity index (χ4n) is 2.22. The van der Waals surface area contributed by atoms with E-state index in [1.807, 2.05) is 18.4 Å². The smallest absolute Gasteiger partial charge is 0.237 e. The molecule has 2 aromatic rings. The number of nitrogens with zero attached hydrogens (tertiary/aromatic N) is 3. The van der Waals surface area contributed by atoms with Gasteiger partial charge >= 0.3 is 0 Å². The van der Waals surface area contributed by atoms with E-state index in [4.69, 9.17) is 9.47 Å². The lowest BCUT2D eigenvalue weighted by molar-refractivity contribution is -0.115. The molecule has 3 rings (SSSR count). The van der Waals surface area contributed by atoms with Crippen LogP contribution >= 0.6 is 11.8 Å². The molecule has 0 saturated carbocycles. The van der Waals surface area contributed by atoms with Gasteiger partial charge in [-0.25, -0.2) is 0 Å². The molecule has 7 nitrogen and oxygen atoms in total. The largest absolute Gasteiger partial charge is 0.454 e. The zero-order valence-corrected chi connectivity index (χ0v) is 14.3. The summed E-state index contributed by atoms with van der Waals surface area (Å²) < 4.78 is 12.5. The lowest BCUT2D eigenvalue weighted by atomic mass is 10.2. The number of anilines is 1. The standard InChI is InChI=1S/C16H18N4O3S/c1-4-7-20-11(3)18-19-16(20)24-10(2)15(21)17-12-5-6-13-14(8-12)23-9-22-13/h4-6,8,10H,1,7,9H2,2-3H3,(H,17,21). The maximum absolute atomic E-state index is 12.4. The number of allylic oxidation sites excluding steroid dienone is 1. The van der Waals surface area contributed by atoms with Crippen molar-refractivity contribution in [3.8, 4) is 11.5 Å². The van der Waals surface area contributed by atoms with Gasteiger partial charge in [0.15, 0.2) is 16.7 Å². The maximum Gasteiger partial charge on any atom is 0.237 e. The maximum atomic E-state index is 12.4. The number of aryl methyl sites for hydroxylation is 1. The predicted octanol–water partition coefficient (Wildman–Crippen LogP) is 2.62. The lowest BCUT2D eigenvalue weighted by Crippen LogP contribution is -2.23. The summed E-state index contributed by atoms with van der Waals surface area (Å²) in [5, 5.41) is 11.4. The normalized spacial score (nSPS) is 13.6. The molecule has 1 unspecified atom stereocenters. The van der Waals surface area contributed by atoms with E-state index in [0.29, 0.717) is 28.9 Å². The van der Waals surface area contributed by atoms with Gasteiger partial charge in [-0.3, -0.25) is 4.79 Å². The number of fused-ring (bicyclic) bond motifs is 1. The second kappa shape index (κ2) is 6.96. The van der Waals surface area contributed by atoms with Crippen molar-refractivity contribution in [2.75, 3.05) is 12.1 Å². The molecule has 1 aliphatic rings. The van der Waals surface area contributed by atoms with Crippen LogP contribution in [0.3, 0.4) is 0 Å². The van der Waals surface area contributed by atoms with Crippen LogP contribution in [-0.4, -0.2) is 32.7 Å². The molecule has 0 bridgehead atoms. The molecule has 126 valence electrons. The van der Waals surface area contributed by atoms with Gasteiger partial charge in [0.05, 0.1) is 5.25 Å². The quantitative estimate of drug-likeness (QED) is 0.640.